The van der Waals surface area contributed by atoms with Gasteiger partial charge in [-0.15, -0.1) is 23.7 Å². The maximum atomic E-state index is 11.5. The fourth-order valence-corrected chi connectivity index (χ4v) is 3.71. The first-order chi connectivity index (χ1) is 11.2. The van der Waals surface area contributed by atoms with Crippen molar-refractivity contribution >= 4 is 41.3 Å². The van der Waals surface area contributed by atoms with Crippen LogP contribution in [-0.4, -0.2) is 30.7 Å². The summed E-state index contributed by atoms with van der Waals surface area (Å²) in [6.45, 7) is 2.82. The number of hydrogen-bond acceptors (Lipinski definition) is 6. The molecule has 0 bridgehead atoms. The molecule has 0 unspecified atom stereocenters. The molecule has 2 heterocycles. The van der Waals surface area contributed by atoms with E-state index in [1.54, 1.807) is 30.4 Å². The van der Waals surface area contributed by atoms with Crippen LogP contribution in [0, 0.1) is 0 Å². The zero-order valence-corrected chi connectivity index (χ0v) is 15.5. The van der Waals surface area contributed by atoms with Gasteiger partial charge in [-0.3, -0.25) is 0 Å². The molecular formula is C16H18Cl2N2O3S. The van der Waals surface area contributed by atoms with Crippen molar-refractivity contribution in [2.45, 2.75) is 19.4 Å². The van der Waals surface area contributed by atoms with Crippen LogP contribution in [0.5, 0.6) is 5.75 Å². The van der Waals surface area contributed by atoms with Gasteiger partial charge in [-0.25, -0.2) is 9.78 Å². The van der Waals surface area contributed by atoms with Gasteiger partial charge in [0.15, 0.2) is 6.61 Å². The highest BCUT2D eigenvalue weighted by atomic mass is 35.5. The van der Waals surface area contributed by atoms with Gasteiger partial charge in [0.25, 0.3) is 0 Å². The zero-order chi connectivity index (χ0) is 16.2. The van der Waals surface area contributed by atoms with E-state index in [-0.39, 0.29) is 31.0 Å². The Hall–Kier alpha value is -1.34. The van der Waals surface area contributed by atoms with Crippen LogP contribution in [0.3, 0.4) is 0 Å². The van der Waals surface area contributed by atoms with E-state index in [0.29, 0.717) is 17.4 Å². The Kier molecular flexibility index (Phi) is 6.86. The third-order valence-electron chi connectivity index (χ3n) is 3.58. The van der Waals surface area contributed by atoms with Gasteiger partial charge in [-0.05, 0) is 25.1 Å². The molecule has 1 aliphatic heterocycles. The lowest BCUT2D eigenvalue weighted by Gasteiger charge is -2.25. The number of benzene rings is 1. The highest BCUT2D eigenvalue weighted by Gasteiger charge is 2.26. The third-order valence-corrected chi connectivity index (χ3v) is 4.75. The first-order valence-corrected chi connectivity index (χ1v) is 8.68. The zero-order valence-electron chi connectivity index (χ0n) is 13.1. The SMILES string of the molecule is CCOC(=O)COc1ccc(Cl)cc1[C@H]1NCCc2ncsc21.Cl. The summed E-state index contributed by atoms with van der Waals surface area (Å²) in [7, 11) is 0. The Morgan fingerprint density at radius 1 is 1.50 bits per heavy atom. The van der Waals surface area contributed by atoms with Crippen molar-refractivity contribution in [3.8, 4) is 5.75 Å². The second kappa shape index (κ2) is 8.67. The Labute approximate surface area is 155 Å². The summed E-state index contributed by atoms with van der Waals surface area (Å²) in [5, 5.41) is 4.10. The standard InChI is InChI=1S/C16H17ClN2O3S.ClH/c1-2-21-14(20)8-22-13-4-3-10(17)7-11(13)15-16-12(5-6-18-15)19-9-23-16;/h3-4,7,9,15,18H,2,5-6,8H2,1H3;1H/t15-;/m1./s1. The minimum Gasteiger partial charge on any atom is -0.482 e. The van der Waals surface area contributed by atoms with Crippen molar-refractivity contribution in [3.63, 3.8) is 0 Å². The van der Waals surface area contributed by atoms with Gasteiger partial charge in [-0.2, -0.15) is 0 Å². The van der Waals surface area contributed by atoms with Crippen molar-refractivity contribution in [1.82, 2.24) is 10.3 Å². The number of aromatic nitrogens is 1. The van der Waals surface area contributed by atoms with E-state index in [9.17, 15) is 4.79 Å². The Morgan fingerprint density at radius 3 is 3.12 bits per heavy atom. The van der Waals surface area contributed by atoms with Gasteiger partial charge in [-0.1, -0.05) is 11.6 Å². The lowest BCUT2D eigenvalue weighted by Crippen LogP contribution is -2.30. The van der Waals surface area contributed by atoms with Crippen LogP contribution in [0.25, 0.3) is 0 Å². The quantitative estimate of drug-likeness (QED) is 0.795. The van der Waals surface area contributed by atoms with Crippen molar-refractivity contribution in [3.05, 3.63) is 44.9 Å². The lowest BCUT2D eigenvalue weighted by atomic mass is 9.99. The summed E-state index contributed by atoms with van der Waals surface area (Å²) < 4.78 is 10.6. The number of carbonyl (C=O) groups excluding carboxylic acids is 1. The maximum Gasteiger partial charge on any atom is 0.344 e. The first kappa shape index (κ1) is 19.0. The number of ether oxygens (including phenoxy) is 2. The average molecular weight is 389 g/mol. The number of thiazole rings is 1. The molecule has 0 saturated heterocycles. The van der Waals surface area contributed by atoms with Crippen LogP contribution >= 0.6 is 35.3 Å². The molecule has 3 rings (SSSR count). The number of halogens is 2. The van der Waals surface area contributed by atoms with Crippen molar-refractivity contribution in [2.24, 2.45) is 0 Å². The second-order valence-corrected chi connectivity index (χ2v) is 6.40. The Morgan fingerprint density at radius 2 is 2.33 bits per heavy atom. The van der Waals surface area contributed by atoms with Crippen LogP contribution in [0.2, 0.25) is 5.02 Å². The molecule has 0 amide bonds. The number of hydrogen-bond donors (Lipinski definition) is 1. The molecule has 1 atom stereocenters. The van der Waals surface area contributed by atoms with Gasteiger partial charge < -0.3 is 14.8 Å². The molecule has 2 aromatic rings. The van der Waals surface area contributed by atoms with Crippen molar-refractivity contribution < 1.29 is 14.3 Å². The third kappa shape index (κ3) is 4.19. The minimum absolute atomic E-state index is 0. The van der Waals surface area contributed by atoms with Crippen molar-refractivity contribution in [2.75, 3.05) is 19.8 Å². The normalized spacial score (nSPS) is 16.0. The summed E-state index contributed by atoms with van der Waals surface area (Å²) >= 11 is 7.77. The molecule has 1 N–H and O–H groups in total. The highest BCUT2D eigenvalue weighted by Crippen LogP contribution is 2.37. The van der Waals surface area contributed by atoms with Crippen LogP contribution in [0.4, 0.5) is 0 Å². The number of rotatable bonds is 5. The van der Waals surface area contributed by atoms with Crippen LogP contribution in [0.15, 0.2) is 23.7 Å². The summed E-state index contributed by atoms with van der Waals surface area (Å²) in [5.41, 5.74) is 3.87. The number of fused-ring (bicyclic) bond motifs is 1. The Balaban J connectivity index is 0.00000208. The smallest absolute Gasteiger partial charge is 0.344 e. The van der Waals surface area contributed by atoms with Gasteiger partial charge in [0.05, 0.1) is 23.9 Å². The van der Waals surface area contributed by atoms with Crippen molar-refractivity contribution in [1.29, 1.82) is 0 Å². The lowest BCUT2D eigenvalue weighted by molar-refractivity contribution is -0.145. The fraction of sp³-hybridized carbons (Fsp3) is 0.375. The predicted molar refractivity (Wildman–Crippen MR) is 96.5 cm³/mol. The maximum absolute atomic E-state index is 11.5. The van der Waals surface area contributed by atoms with E-state index < -0.39 is 0 Å². The average Bonchev–Trinajstić information content (AvgIpc) is 3.02. The Bertz CT molecular complexity index is 708. The molecule has 1 aromatic carbocycles. The summed E-state index contributed by atoms with van der Waals surface area (Å²) in [5.74, 6) is 0.240. The van der Waals surface area contributed by atoms with Crippen LogP contribution < -0.4 is 10.1 Å². The molecular weight excluding hydrogens is 371 g/mol. The topological polar surface area (TPSA) is 60.5 Å². The van der Waals surface area contributed by atoms with Crippen LogP contribution in [0.1, 0.15) is 29.1 Å². The summed E-state index contributed by atoms with van der Waals surface area (Å²) in [4.78, 5) is 17.1. The van der Waals surface area contributed by atoms with Gasteiger partial charge in [0.1, 0.15) is 5.75 Å². The van der Waals surface area contributed by atoms with E-state index in [2.05, 4.69) is 10.3 Å². The second-order valence-electron chi connectivity index (χ2n) is 5.08. The molecule has 0 aliphatic carbocycles. The number of nitrogens with zero attached hydrogens (tertiary/aromatic N) is 1. The van der Waals surface area contributed by atoms with Gasteiger partial charge in [0.2, 0.25) is 0 Å². The molecule has 24 heavy (non-hydrogen) atoms. The number of esters is 1. The highest BCUT2D eigenvalue weighted by molar-refractivity contribution is 7.09. The molecule has 8 heteroatoms. The molecule has 1 aliphatic rings. The van der Waals surface area contributed by atoms with E-state index in [1.807, 2.05) is 11.6 Å². The van der Waals surface area contributed by atoms with E-state index in [1.165, 1.54) is 4.88 Å². The molecule has 0 radical (unpaired) electrons. The monoisotopic (exact) mass is 388 g/mol. The van der Waals surface area contributed by atoms with E-state index in [0.717, 1.165) is 24.2 Å². The first-order valence-electron chi connectivity index (χ1n) is 7.42. The summed E-state index contributed by atoms with van der Waals surface area (Å²) in [6, 6.07) is 5.38. The molecule has 0 fully saturated rings. The van der Waals surface area contributed by atoms with Crippen LogP contribution in [-0.2, 0) is 16.0 Å². The van der Waals surface area contributed by atoms with E-state index in [4.69, 9.17) is 21.1 Å². The molecule has 130 valence electrons. The predicted octanol–water partition coefficient (Wildman–Crippen LogP) is 3.40. The molecule has 1 aromatic heterocycles. The van der Waals surface area contributed by atoms with Gasteiger partial charge in [0, 0.05) is 28.4 Å². The minimum atomic E-state index is -0.386. The summed E-state index contributed by atoms with van der Waals surface area (Å²) in [6.07, 6.45) is 0.912. The number of nitrogens with one attached hydrogen (secondary N) is 1. The molecule has 0 spiro atoms. The largest absolute Gasteiger partial charge is 0.482 e. The molecule has 5 nitrogen and oxygen atoms in total. The fourth-order valence-electron chi connectivity index (χ4n) is 2.60. The van der Waals surface area contributed by atoms with Gasteiger partial charge >= 0.3 is 5.97 Å². The number of carbonyl (C=O) groups is 1. The van der Waals surface area contributed by atoms with E-state index >= 15 is 0 Å². The molecule has 0 saturated carbocycles.